The first-order valence-electron chi connectivity index (χ1n) is 5.27. The van der Waals surface area contributed by atoms with E-state index in [1.165, 1.54) is 6.26 Å². The minimum atomic E-state index is -2.90. The first-order valence-corrected chi connectivity index (χ1v) is 7.23. The SMILES string of the molecule is CC(CNCCNC(C)(C)C)S(C)(=O)=O. The van der Waals surface area contributed by atoms with E-state index >= 15 is 0 Å². The summed E-state index contributed by atoms with van der Waals surface area (Å²) in [7, 11) is -2.90. The third-order valence-corrected chi connectivity index (χ3v) is 3.75. The van der Waals surface area contributed by atoms with E-state index < -0.39 is 9.84 Å². The summed E-state index contributed by atoms with van der Waals surface area (Å²) in [4.78, 5) is 0. The molecular weight excluding hydrogens is 212 g/mol. The van der Waals surface area contributed by atoms with Crippen LogP contribution >= 0.6 is 0 Å². The van der Waals surface area contributed by atoms with Crippen LogP contribution in [0.15, 0.2) is 0 Å². The van der Waals surface area contributed by atoms with Gasteiger partial charge >= 0.3 is 0 Å². The zero-order valence-electron chi connectivity index (χ0n) is 10.4. The fourth-order valence-electron chi connectivity index (χ4n) is 0.983. The minimum absolute atomic E-state index is 0.115. The molecule has 0 heterocycles. The molecule has 1 unspecified atom stereocenters. The van der Waals surface area contributed by atoms with Crippen LogP contribution in [-0.2, 0) is 9.84 Å². The third kappa shape index (κ3) is 8.84. The fourth-order valence-corrected chi connectivity index (χ4v) is 1.40. The van der Waals surface area contributed by atoms with Crippen molar-refractivity contribution in [3.05, 3.63) is 0 Å². The van der Waals surface area contributed by atoms with Crippen molar-refractivity contribution < 1.29 is 8.42 Å². The molecule has 5 heteroatoms. The molecule has 0 spiro atoms. The normalized spacial score (nSPS) is 15.3. The van der Waals surface area contributed by atoms with Crippen LogP contribution in [-0.4, -0.2) is 45.1 Å². The highest BCUT2D eigenvalue weighted by molar-refractivity contribution is 7.91. The van der Waals surface area contributed by atoms with Crippen LogP contribution in [0.3, 0.4) is 0 Å². The van der Waals surface area contributed by atoms with Crippen molar-refractivity contribution >= 4 is 9.84 Å². The van der Waals surface area contributed by atoms with Crippen molar-refractivity contribution in [1.82, 2.24) is 10.6 Å². The van der Waals surface area contributed by atoms with Crippen molar-refractivity contribution in [3.63, 3.8) is 0 Å². The van der Waals surface area contributed by atoms with Crippen molar-refractivity contribution in [2.75, 3.05) is 25.9 Å². The molecule has 0 aliphatic rings. The lowest BCUT2D eigenvalue weighted by Gasteiger charge is -2.20. The van der Waals surface area contributed by atoms with Crippen LogP contribution in [0.25, 0.3) is 0 Å². The van der Waals surface area contributed by atoms with Crippen LogP contribution in [0.1, 0.15) is 27.7 Å². The summed E-state index contributed by atoms with van der Waals surface area (Å²) in [5.41, 5.74) is 0.115. The Kier molecular flexibility index (Phi) is 5.77. The van der Waals surface area contributed by atoms with E-state index in [4.69, 9.17) is 0 Å². The Bertz CT molecular complexity index is 268. The van der Waals surface area contributed by atoms with Gasteiger partial charge in [0.25, 0.3) is 0 Å². The molecule has 0 rings (SSSR count). The van der Waals surface area contributed by atoms with Gasteiger partial charge in [0, 0.05) is 31.4 Å². The molecule has 0 fully saturated rings. The highest BCUT2D eigenvalue weighted by Crippen LogP contribution is 1.97. The second kappa shape index (κ2) is 5.82. The Morgan fingerprint density at radius 1 is 1.20 bits per heavy atom. The van der Waals surface area contributed by atoms with Crippen molar-refractivity contribution in [1.29, 1.82) is 0 Å². The average molecular weight is 236 g/mol. The topological polar surface area (TPSA) is 58.2 Å². The van der Waals surface area contributed by atoms with E-state index in [0.717, 1.165) is 13.1 Å². The van der Waals surface area contributed by atoms with Crippen molar-refractivity contribution in [3.8, 4) is 0 Å². The summed E-state index contributed by atoms with van der Waals surface area (Å²) < 4.78 is 22.2. The van der Waals surface area contributed by atoms with E-state index in [1.807, 2.05) is 0 Å². The molecule has 0 bridgehead atoms. The maximum Gasteiger partial charge on any atom is 0.151 e. The van der Waals surface area contributed by atoms with Gasteiger partial charge in [-0.25, -0.2) is 8.42 Å². The molecule has 0 aromatic heterocycles. The van der Waals surface area contributed by atoms with E-state index in [0.29, 0.717) is 6.54 Å². The number of rotatable bonds is 6. The molecule has 0 amide bonds. The molecule has 0 aliphatic carbocycles. The van der Waals surface area contributed by atoms with Gasteiger partial charge in [0.05, 0.1) is 5.25 Å². The molecule has 0 saturated heterocycles. The Morgan fingerprint density at radius 3 is 2.13 bits per heavy atom. The molecule has 0 aromatic carbocycles. The predicted molar refractivity (Wildman–Crippen MR) is 64.9 cm³/mol. The second-order valence-corrected chi connectivity index (χ2v) is 7.48. The maximum atomic E-state index is 11.1. The van der Waals surface area contributed by atoms with Crippen LogP contribution in [0.4, 0.5) is 0 Å². The highest BCUT2D eigenvalue weighted by Gasteiger charge is 2.13. The van der Waals surface area contributed by atoms with Gasteiger partial charge in [-0.05, 0) is 27.7 Å². The Balaban J connectivity index is 3.57. The van der Waals surface area contributed by atoms with E-state index in [9.17, 15) is 8.42 Å². The summed E-state index contributed by atoms with van der Waals surface area (Å²) in [6, 6.07) is 0. The molecule has 0 aliphatic heterocycles. The number of sulfone groups is 1. The number of nitrogens with one attached hydrogen (secondary N) is 2. The monoisotopic (exact) mass is 236 g/mol. The van der Waals surface area contributed by atoms with Gasteiger partial charge in [0.15, 0.2) is 9.84 Å². The van der Waals surface area contributed by atoms with Gasteiger partial charge in [-0.1, -0.05) is 0 Å². The van der Waals surface area contributed by atoms with Crippen LogP contribution in [0.2, 0.25) is 0 Å². The highest BCUT2D eigenvalue weighted by atomic mass is 32.2. The first-order chi connectivity index (χ1) is 6.63. The van der Waals surface area contributed by atoms with Gasteiger partial charge in [-0.15, -0.1) is 0 Å². The smallest absolute Gasteiger partial charge is 0.151 e. The summed E-state index contributed by atoms with van der Waals surface area (Å²) in [5, 5.41) is 6.13. The number of hydrogen-bond acceptors (Lipinski definition) is 4. The van der Waals surface area contributed by atoms with Crippen LogP contribution < -0.4 is 10.6 Å². The summed E-state index contributed by atoms with van der Waals surface area (Å²) in [6.07, 6.45) is 1.27. The largest absolute Gasteiger partial charge is 0.314 e. The van der Waals surface area contributed by atoms with Crippen molar-refractivity contribution in [2.24, 2.45) is 0 Å². The van der Waals surface area contributed by atoms with Crippen LogP contribution in [0, 0.1) is 0 Å². The molecule has 2 N–H and O–H groups in total. The van der Waals surface area contributed by atoms with E-state index in [1.54, 1.807) is 6.92 Å². The molecule has 4 nitrogen and oxygen atoms in total. The van der Waals surface area contributed by atoms with Gasteiger partial charge in [-0.3, -0.25) is 0 Å². The lowest BCUT2D eigenvalue weighted by molar-refractivity contribution is 0.421. The van der Waals surface area contributed by atoms with Gasteiger partial charge < -0.3 is 10.6 Å². The first kappa shape index (κ1) is 14.9. The zero-order valence-corrected chi connectivity index (χ0v) is 11.2. The Morgan fingerprint density at radius 2 is 1.73 bits per heavy atom. The molecule has 1 atom stereocenters. The predicted octanol–water partition coefficient (Wildman–Crippen LogP) is 0.397. The third-order valence-electron chi connectivity index (χ3n) is 2.12. The quantitative estimate of drug-likeness (QED) is 0.655. The van der Waals surface area contributed by atoms with Gasteiger partial charge in [-0.2, -0.15) is 0 Å². The van der Waals surface area contributed by atoms with E-state index in [-0.39, 0.29) is 10.8 Å². The molecule has 0 radical (unpaired) electrons. The summed E-state index contributed by atoms with van der Waals surface area (Å²) in [6.45, 7) is 10.2. The lowest BCUT2D eigenvalue weighted by atomic mass is 10.1. The lowest BCUT2D eigenvalue weighted by Crippen LogP contribution is -2.41. The minimum Gasteiger partial charge on any atom is -0.314 e. The molecular formula is C10H24N2O2S. The number of hydrogen-bond donors (Lipinski definition) is 2. The van der Waals surface area contributed by atoms with Crippen molar-refractivity contribution in [2.45, 2.75) is 38.5 Å². The standard InChI is InChI=1S/C10H24N2O2S/c1-9(15(5,13)14)8-11-6-7-12-10(2,3)4/h9,11-12H,6-8H2,1-5H3. The maximum absolute atomic E-state index is 11.1. The van der Waals surface area contributed by atoms with Gasteiger partial charge in [0.1, 0.15) is 0 Å². The summed E-state index contributed by atoms with van der Waals surface area (Å²) in [5.74, 6) is 0. The molecule has 0 aromatic rings. The molecule has 92 valence electrons. The van der Waals surface area contributed by atoms with Gasteiger partial charge in [0.2, 0.25) is 0 Å². The molecule has 0 saturated carbocycles. The average Bonchev–Trinajstić information content (AvgIpc) is 1.99. The summed E-state index contributed by atoms with van der Waals surface area (Å²) >= 11 is 0. The fraction of sp³-hybridized carbons (Fsp3) is 1.00. The van der Waals surface area contributed by atoms with E-state index in [2.05, 4.69) is 31.4 Å². The Hall–Kier alpha value is -0.130. The van der Waals surface area contributed by atoms with Crippen LogP contribution in [0.5, 0.6) is 0 Å². The zero-order chi connectivity index (χ0) is 12.1. The second-order valence-electron chi connectivity index (χ2n) is 5.02. The molecule has 15 heavy (non-hydrogen) atoms. The Labute approximate surface area is 93.7 Å².